The maximum absolute atomic E-state index is 5.90. The van der Waals surface area contributed by atoms with Gasteiger partial charge in [-0.05, 0) is 24.6 Å². The summed E-state index contributed by atoms with van der Waals surface area (Å²) in [7, 11) is 0. The number of hydrogen-bond acceptors (Lipinski definition) is 7. The molecule has 0 saturated heterocycles. The molecule has 0 fully saturated rings. The minimum absolute atomic E-state index is 0.114. The number of nitrogens with one attached hydrogen (secondary N) is 1. The van der Waals surface area contributed by atoms with Crippen molar-refractivity contribution in [2.75, 3.05) is 5.32 Å². The first-order valence-electron chi connectivity index (χ1n) is 5.77. The van der Waals surface area contributed by atoms with Gasteiger partial charge in [0.15, 0.2) is 0 Å². The van der Waals surface area contributed by atoms with Gasteiger partial charge in [0.25, 0.3) is 5.95 Å². The summed E-state index contributed by atoms with van der Waals surface area (Å²) in [6.07, 6.45) is 3.38. The van der Waals surface area contributed by atoms with Crippen molar-refractivity contribution in [2.24, 2.45) is 0 Å². The van der Waals surface area contributed by atoms with Crippen molar-refractivity contribution < 1.29 is 0 Å². The summed E-state index contributed by atoms with van der Waals surface area (Å²) in [4.78, 5) is 16.7. The normalized spacial score (nSPS) is 10.7. The van der Waals surface area contributed by atoms with E-state index in [9.17, 15) is 0 Å². The lowest BCUT2D eigenvalue weighted by Crippen LogP contribution is -2.09. The zero-order chi connectivity index (χ0) is 13.9. The molecular formula is C11H10ClN7S. The molecule has 7 nitrogen and oxygen atoms in total. The maximum Gasteiger partial charge on any atom is 0.256 e. The van der Waals surface area contributed by atoms with Gasteiger partial charge in [0, 0.05) is 23.5 Å². The second-order valence-electron chi connectivity index (χ2n) is 3.91. The number of anilines is 1. The molecule has 0 aliphatic rings. The monoisotopic (exact) mass is 307 g/mol. The molecule has 3 aromatic rings. The van der Waals surface area contributed by atoms with E-state index in [1.807, 2.05) is 12.3 Å². The molecule has 0 spiro atoms. The van der Waals surface area contributed by atoms with Crippen molar-refractivity contribution >= 4 is 28.9 Å². The highest BCUT2D eigenvalue weighted by molar-refractivity contribution is 7.09. The number of halogens is 1. The van der Waals surface area contributed by atoms with E-state index < -0.39 is 0 Å². The second kappa shape index (κ2) is 5.51. The molecule has 20 heavy (non-hydrogen) atoms. The number of nitrogens with zero attached hydrogens (tertiary/aromatic N) is 6. The van der Waals surface area contributed by atoms with Crippen molar-refractivity contribution in [2.45, 2.75) is 13.5 Å². The molecule has 3 aromatic heterocycles. The summed E-state index contributed by atoms with van der Waals surface area (Å²) in [5.74, 6) is 0.760. The summed E-state index contributed by atoms with van der Waals surface area (Å²) < 4.78 is 1.52. The van der Waals surface area contributed by atoms with E-state index in [0.717, 1.165) is 10.7 Å². The van der Waals surface area contributed by atoms with Gasteiger partial charge in [0.2, 0.25) is 11.2 Å². The largest absolute Gasteiger partial charge is 0.348 e. The van der Waals surface area contributed by atoms with E-state index in [2.05, 4.69) is 30.4 Å². The highest BCUT2D eigenvalue weighted by Crippen LogP contribution is 2.12. The fourth-order valence-corrected chi connectivity index (χ4v) is 2.41. The van der Waals surface area contributed by atoms with Crippen molar-refractivity contribution in [1.82, 2.24) is 29.7 Å². The lowest BCUT2D eigenvalue weighted by Gasteiger charge is -2.05. The fourth-order valence-electron chi connectivity index (χ4n) is 1.55. The fraction of sp³-hybridized carbons (Fsp3) is 0.182. The quantitative estimate of drug-likeness (QED) is 0.795. The average Bonchev–Trinajstić information content (AvgIpc) is 3.07. The van der Waals surface area contributed by atoms with Crippen LogP contribution in [0, 0.1) is 6.92 Å². The first kappa shape index (κ1) is 12.9. The smallest absolute Gasteiger partial charge is 0.256 e. The van der Waals surface area contributed by atoms with Crippen molar-refractivity contribution in [3.8, 4) is 5.95 Å². The lowest BCUT2D eigenvalue weighted by molar-refractivity contribution is 0.794. The van der Waals surface area contributed by atoms with Crippen LogP contribution in [-0.2, 0) is 6.54 Å². The molecule has 0 aromatic carbocycles. The molecule has 102 valence electrons. The van der Waals surface area contributed by atoms with Crippen LogP contribution in [0.5, 0.6) is 0 Å². The highest BCUT2D eigenvalue weighted by Gasteiger charge is 2.07. The van der Waals surface area contributed by atoms with E-state index in [1.165, 1.54) is 4.68 Å². The topological polar surface area (TPSA) is 81.4 Å². The first-order chi connectivity index (χ1) is 9.70. The second-order valence-corrected chi connectivity index (χ2v) is 5.20. The predicted molar refractivity (Wildman–Crippen MR) is 76.1 cm³/mol. The van der Waals surface area contributed by atoms with Crippen molar-refractivity contribution in [1.29, 1.82) is 0 Å². The van der Waals surface area contributed by atoms with E-state index in [-0.39, 0.29) is 5.28 Å². The molecular weight excluding hydrogens is 298 g/mol. The molecule has 3 rings (SSSR count). The molecule has 0 bridgehead atoms. The average molecular weight is 308 g/mol. The van der Waals surface area contributed by atoms with Crippen LogP contribution in [0.4, 0.5) is 5.95 Å². The molecule has 0 aliphatic heterocycles. The third-order valence-electron chi connectivity index (χ3n) is 2.37. The Labute approximate surface area is 123 Å². The minimum Gasteiger partial charge on any atom is -0.348 e. The van der Waals surface area contributed by atoms with Gasteiger partial charge in [0.1, 0.15) is 5.01 Å². The Morgan fingerprint density at radius 1 is 1.30 bits per heavy atom. The summed E-state index contributed by atoms with van der Waals surface area (Å²) in [6.45, 7) is 2.49. The zero-order valence-corrected chi connectivity index (χ0v) is 12.1. The summed E-state index contributed by atoms with van der Waals surface area (Å²) >= 11 is 7.48. The zero-order valence-electron chi connectivity index (χ0n) is 10.5. The van der Waals surface area contributed by atoms with Gasteiger partial charge < -0.3 is 5.32 Å². The Balaban J connectivity index is 1.79. The number of hydrogen-bond donors (Lipinski definition) is 1. The Kier molecular flexibility index (Phi) is 3.57. The Bertz CT molecular complexity index is 709. The molecule has 9 heteroatoms. The van der Waals surface area contributed by atoms with Gasteiger partial charge in [-0.25, -0.2) is 9.67 Å². The number of thiazole rings is 1. The first-order valence-corrected chi connectivity index (χ1v) is 7.03. The molecule has 0 aliphatic carbocycles. The van der Waals surface area contributed by atoms with Crippen molar-refractivity contribution in [3.05, 3.63) is 39.8 Å². The van der Waals surface area contributed by atoms with E-state index in [0.29, 0.717) is 18.4 Å². The van der Waals surface area contributed by atoms with E-state index in [1.54, 1.807) is 29.8 Å². The number of aromatic nitrogens is 6. The summed E-state index contributed by atoms with van der Waals surface area (Å²) in [5, 5.41) is 10.2. The molecule has 0 saturated carbocycles. The molecule has 0 amide bonds. The predicted octanol–water partition coefficient (Wildman–Crippen LogP) is 2.09. The van der Waals surface area contributed by atoms with Crippen LogP contribution < -0.4 is 5.32 Å². The van der Waals surface area contributed by atoms with Gasteiger partial charge >= 0.3 is 0 Å². The molecule has 0 unspecified atom stereocenters. The van der Waals surface area contributed by atoms with Gasteiger partial charge in [-0.15, -0.1) is 11.3 Å². The van der Waals surface area contributed by atoms with E-state index in [4.69, 9.17) is 11.6 Å². The molecule has 0 radical (unpaired) electrons. The van der Waals surface area contributed by atoms with Crippen LogP contribution >= 0.6 is 22.9 Å². The Morgan fingerprint density at radius 2 is 2.20 bits per heavy atom. The minimum atomic E-state index is 0.114. The van der Waals surface area contributed by atoms with Crippen LogP contribution in [0.15, 0.2) is 23.8 Å². The molecule has 3 heterocycles. The van der Waals surface area contributed by atoms with Gasteiger partial charge in [-0.2, -0.15) is 20.1 Å². The SMILES string of the molecule is Cc1csc(CNc2nc(Cl)nc(-n3cccn3)n2)n1. The van der Waals surface area contributed by atoms with Crippen LogP contribution in [0.3, 0.4) is 0 Å². The highest BCUT2D eigenvalue weighted by atomic mass is 35.5. The Hall–Kier alpha value is -2.06. The van der Waals surface area contributed by atoms with Crippen LogP contribution in [0.25, 0.3) is 5.95 Å². The van der Waals surface area contributed by atoms with Gasteiger partial charge in [-0.1, -0.05) is 0 Å². The van der Waals surface area contributed by atoms with Crippen LogP contribution in [0.2, 0.25) is 5.28 Å². The third-order valence-corrected chi connectivity index (χ3v) is 3.51. The number of aryl methyl sites for hydroxylation is 1. The standard InChI is InChI=1S/C11H10ClN7S/c1-7-6-20-8(15-7)5-13-10-16-9(12)17-11(18-10)19-4-2-3-14-19/h2-4,6H,5H2,1H3,(H,13,16,17,18). The third kappa shape index (κ3) is 2.91. The van der Waals surface area contributed by atoms with Gasteiger partial charge in [-0.3, -0.25) is 0 Å². The summed E-state index contributed by atoms with van der Waals surface area (Å²) in [5.41, 5.74) is 0.998. The lowest BCUT2D eigenvalue weighted by atomic mass is 10.6. The van der Waals surface area contributed by atoms with E-state index >= 15 is 0 Å². The number of rotatable bonds is 4. The van der Waals surface area contributed by atoms with Crippen LogP contribution in [0.1, 0.15) is 10.7 Å². The van der Waals surface area contributed by atoms with Crippen molar-refractivity contribution in [3.63, 3.8) is 0 Å². The molecule has 0 atom stereocenters. The van der Waals surface area contributed by atoms with Gasteiger partial charge in [0.05, 0.1) is 6.54 Å². The maximum atomic E-state index is 5.90. The Morgan fingerprint density at radius 3 is 2.90 bits per heavy atom. The van der Waals surface area contributed by atoms with Crippen LogP contribution in [-0.4, -0.2) is 29.7 Å². The summed E-state index contributed by atoms with van der Waals surface area (Å²) in [6, 6.07) is 1.78. The molecule has 1 N–H and O–H groups in total.